The number of hydrogen-bond acceptors (Lipinski definition) is 2. The zero-order valence-electron chi connectivity index (χ0n) is 13.2. The Morgan fingerprint density at radius 3 is 2.52 bits per heavy atom. The minimum atomic E-state index is -0.808. The van der Waals surface area contributed by atoms with Crippen molar-refractivity contribution in [1.82, 2.24) is 0 Å². The van der Waals surface area contributed by atoms with Crippen LogP contribution < -0.4 is 0 Å². The monoisotopic (exact) mass is 294 g/mol. The number of aliphatic carboxylic acids is 2. The van der Waals surface area contributed by atoms with E-state index in [0.717, 1.165) is 25.7 Å². The van der Waals surface area contributed by atoms with Gasteiger partial charge >= 0.3 is 11.9 Å². The summed E-state index contributed by atoms with van der Waals surface area (Å²) < 4.78 is 0. The largest absolute Gasteiger partial charge is 0.481 e. The van der Waals surface area contributed by atoms with E-state index in [2.05, 4.69) is 20.8 Å². The van der Waals surface area contributed by atoms with Gasteiger partial charge in [-0.3, -0.25) is 4.79 Å². The molecule has 4 nitrogen and oxygen atoms in total. The quantitative estimate of drug-likeness (QED) is 0.828. The summed E-state index contributed by atoms with van der Waals surface area (Å²) in [6.45, 7) is 6.44. The van der Waals surface area contributed by atoms with E-state index in [1.807, 2.05) is 6.08 Å². The van der Waals surface area contributed by atoms with Crippen LogP contribution in [0.25, 0.3) is 0 Å². The minimum absolute atomic E-state index is 0.0969. The first-order valence-corrected chi connectivity index (χ1v) is 7.87. The van der Waals surface area contributed by atoms with E-state index in [4.69, 9.17) is 5.11 Å². The molecule has 0 saturated heterocycles. The van der Waals surface area contributed by atoms with Gasteiger partial charge in [0.15, 0.2) is 0 Å². The summed E-state index contributed by atoms with van der Waals surface area (Å²) in [6.07, 6.45) is 6.29. The SMILES string of the molecule is CC1CCC2(C)C(C(=O)O)=CCCC2C1(C)CCC(=O)O. The van der Waals surface area contributed by atoms with Gasteiger partial charge in [-0.2, -0.15) is 0 Å². The number of carboxylic acid groups (broad SMARTS) is 2. The van der Waals surface area contributed by atoms with Gasteiger partial charge in [0.1, 0.15) is 0 Å². The fraction of sp³-hybridized carbons (Fsp3) is 0.765. The van der Waals surface area contributed by atoms with Crippen LogP contribution in [0.2, 0.25) is 0 Å². The summed E-state index contributed by atoms with van der Waals surface area (Å²) in [7, 11) is 0. The first kappa shape index (κ1) is 16.1. The Bertz CT molecular complexity index is 481. The van der Waals surface area contributed by atoms with Gasteiger partial charge < -0.3 is 10.2 Å². The second-order valence-electron chi connectivity index (χ2n) is 7.31. The first-order chi connectivity index (χ1) is 9.71. The molecule has 0 heterocycles. The molecule has 0 amide bonds. The van der Waals surface area contributed by atoms with Crippen LogP contribution in [-0.2, 0) is 9.59 Å². The number of fused-ring (bicyclic) bond motifs is 1. The molecular weight excluding hydrogens is 268 g/mol. The number of hydrogen-bond donors (Lipinski definition) is 2. The Balaban J connectivity index is 2.37. The lowest BCUT2D eigenvalue weighted by Gasteiger charge is -2.57. The van der Waals surface area contributed by atoms with Crippen LogP contribution in [0.3, 0.4) is 0 Å². The Hall–Kier alpha value is -1.32. The number of rotatable bonds is 4. The fourth-order valence-corrected chi connectivity index (χ4v) is 4.82. The van der Waals surface area contributed by atoms with Crippen LogP contribution in [0.1, 0.15) is 59.3 Å². The molecule has 0 aromatic rings. The van der Waals surface area contributed by atoms with Crippen LogP contribution in [-0.4, -0.2) is 22.2 Å². The molecule has 2 rings (SSSR count). The second-order valence-corrected chi connectivity index (χ2v) is 7.31. The summed E-state index contributed by atoms with van der Waals surface area (Å²) in [5.74, 6) is -0.884. The van der Waals surface area contributed by atoms with Gasteiger partial charge in [0.2, 0.25) is 0 Å². The van der Waals surface area contributed by atoms with Gasteiger partial charge in [0.05, 0.1) is 0 Å². The summed E-state index contributed by atoms with van der Waals surface area (Å²) >= 11 is 0. The molecule has 0 aliphatic heterocycles. The molecule has 0 aromatic carbocycles. The lowest BCUT2D eigenvalue weighted by atomic mass is 9.47. The van der Waals surface area contributed by atoms with Crippen molar-refractivity contribution in [3.63, 3.8) is 0 Å². The molecule has 0 radical (unpaired) electrons. The highest BCUT2D eigenvalue weighted by molar-refractivity contribution is 5.88. The molecule has 0 aromatic heterocycles. The van der Waals surface area contributed by atoms with Crippen molar-refractivity contribution < 1.29 is 19.8 Å². The fourth-order valence-electron chi connectivity index (χ4n) is 4.82. The Morgan fingerprint density at radius 2 is 1.95 bits per heavy atom. The van der Waals surface area contributed by atoms with Crippen molar-refractivity contribution in [2.45, 2.75) is 59.3 Å². The third-order valence-corrected chi connectivity index (χ3v) is 6.31. The molecule has 2 aliphatic rings. The zero-order chi connectivity index (χ0) is 15.8. The standard InChI is InChI=1S/C17H26O4/c1-11-7-9-17(3)12(15(20)21)5-4-6-13(17)16(11,2)10-8-14(18)19/h5,11,13H,4,6-10H2,1-3H3,(H,18,19)(H,20,21). The van der Waals surface area contributed by atoms with E-state index in [1.54, 1.807) is 0 Å². The topological polar surface area (TPSA) is 74.6 Å². The lowest BCUT2D eigenvalue weighted by molar-refractivity contribution is -0.141. The average Bonchev–Trinajstić information content (AvgIpc) is 2.40. The highest BCUT2D eigenvalue weighted by Crippen LogP contribution is 2.61. The van der Waals surface area contributed by atoms with E-state index in [0.29, 0.717) is 17.9 Å². The minimum Gasteiger partial charge on any atom is -0.481 e. The zero-order valence-corrected chi connectivity index (χ0v) is 13.2. The Kier molecular flexibility index (Phi) is 4.18. The number of allylic oxidation sites excluding steroid dienone is 1. The third kappa shape index (κ3) is 2.60. The van der Waals surface area contributed by atoms with Gasteiger partial charge in [0.25, 0.3) is 0 Å². The van der Waals surface area contributed by atoms with Crippen LogP contribution in [0.5, 0.6) is 0 Å². The van der Waals surface area contributed by atoms with Gasteiger partial charge in [-0.15, -0.1) is 0 Å². The van der Waals surface area contributed by atoms with Crippen molar-refractivity contribution in [3.05, 3.63) is 11.6 Å². The average molecular weight is 294 g/mol. The molecule has 118 valence electrons. The summed E-state index contributed by atoms with van der Waals surface area (Å²) in [4.78, 5) is 22.6. The smallest absolute Gasteiger partial charge is 0.331 e. The van der Waals surface area contributed by atoms with E-state index in [9.17, 15) is 14.7 Å². The molecule has 1 fully saturated rings. The summed E-state index contributed by atoms with van der Waals surface area (Å²) in [5.41, 5.74) is 0.136. The third-order valence-electron chi connectivity index (χ3n) is 6.31. The van der Waals surface area contributed by atoms with E-state index >= 15 is 0 Å². The van der Waals surface area contributed by atoms with Crippen molar-refractivity contribution in [2.75, 3.05) is 0 Å². The Labute approximate surface area is 126 Å². The maximum absolute atomic E-state index is 11.6. The molecule has 0 spiro atoms. The van der Waals surface area contributed by atoms with Crippen LogP contribution >= 0.6 is 0 Å². The van der Waals surface area contributed by atoms with Crippen molar-refractivity contribution in [1.29, 1.82) is 0 Å². The first-order valence-electron chi connectivity index (χ1n) is 7.87. The molecule has 4 heteroatoms. The maximum Gasteiger partial charge on any atom is 0.331 e. The predicted molar refractivity (Wildman–Crippen MR) is 79.9 cm³/mol. The van der Waals surface area contributed by atoms with Crippen LogP contribution in [0.15, 0.2) is 11.6 Å². The molecule has 4 unspecified atom stereocenters. The van der Waals surface area contributed by atoms with Crippen molar-refractivity contribution >= 4 is 11.9 Å². The van der Waals surface area contributed by atoms with Gasteiger partial charge in [-0.1, -0.05) is 26.8 Å². The summed E-state index contributed by atoms with van der Waals surface area (Å²) in [6, 6.07) is 0. The maximum atomic E-state index is 11.6. The highest BCUT2D eigenvalue weighted by atomic mass is 16.4. The predicted octanol–water partition coefficient (Wildman–Crippen LogP) is 3.71. The molecule has 0 bridgehead atoms. The highest BCUT2D eigenvalue weighted by Gasteiger charge is 2.55. The van der Waals surface area contributed by atoms with Gasteiger partial charge in [0, 0.05) is 17.4 Å². The van der Waals surface area contributed by atoms with Crippen LogP contribution in [0.4, 0.5) is 0 Å². The molecule has 2 N–H and O–H groups in total. The number of carbonyl (C=O) groups is 2. The summed E-state index contributed by atoms with van der Waals surface area (Å²) in [5, 5.41) is 18.6. The van der Waals surface area contributed by atoms with Gasteiger partial charge in [-0.05, 0) is 49.4 Å². The Morgan fingerprint density at radius 1 is 1.29 bits per heavy atom. The molecule has 4 atom stereocenters. The molecular formula is C17H26O4. The number of carboxylic acids is 2. The van der Waals surface area contributed by atoms with E-state index in [-0.39, 0.29) is 23.2 Å². The molecule has 1 saturated carbocycles. The second kappa shape index (κ2) is 5.47. The molecule has 2 aliphatic carbocycles. The van der Waals surface area contributed by atoms with E-state index in [1.165, 1.54) is 0 Å². The van der Waals surface area contributed by atoms with Crippen molar-refractivity contribution in [3.8, 4) is 0 Å². The van der Waals surface area contributed by atoms with E-state index < -0.39 is 11.9 Å². The van der Waals surface area contributed by atoms with Crippen molar-refractivity contribution in [2.24, 2.45) is 22.7 Å². The van der Waals surface area contributed by atoms with Crippen LogP contribution in [0, 0.1) is 22.7 Å². The lowest BCUT2D eigenvalue weighted by Crippen LogP contribution is -2.51. The molecule has 21 heavy (non-hydrogen) atoms. The van der Waals surface area contributed by atoms with Gasteiger partial charge in [-0.25, -0.2) is 4.79 Å². The normalized spacial score (nSPS) is 39.3.